The summed E-state index contributed by atoms with van der Waals surface area (Å²) in [6.07, 6.45) is 4.51. The van der Waals surface area contributed by atoms with E-state index >= 15 is 0 Å². The Morgan fingerprint density at radius 1 is 1.29 bits per heavy atom. The van der Waals surface area contributed by atoms with Crippen molar-refractivity contribution >= 4 is 23.3 Å². The minimum atomic E-state index is -0.152. The van der Waals surface area contributed by atoms with E-state index < -0.39 is 0 Å². The Kier molecular flexibility index (Phi) is 7.37. The van der Waals surface area contributed by atoms with Crippen molar-refractivity contribution in [3.63, 3.8) is 0 Å². The van der Waals surface area contributed by atoms with Gasteiger partial charge in [0, 0.05) is 45.5 Å². The molecule has 0 spiro atoms. The lowest BCUT2D eigenvalue weighted by molar-refractivity contribution is -0.117. The smallest absolute Gasteiger partial charge is 0.252 e. The highest BCUT2D eigenvalue weighted by Crippen LogP contribution is 2.29. The molecule has 3 aliphatic rings. The van der Waals surface area contributed by atoms with Gasteiger partial charge in [-0.15, -0.1) is 0 Å². The van der Waals surface area contributed by atoms with Crippen molar-refractivity contribution in [1.29, 1.82) is 0 Å². The molecular formula is C22H34N6O3. The summed E-state index contributed by atoms with van der Waals surface area (Å²) in [6.45, 7) is 10.8. The molecule has 0 aromatic carbocycles. The summed E-state index contributed by atoms with van der Waals surface area (Å²) in [7, 11) is 0. The number of pyridine rings is 1. The maximum atomic E-state index is 12.7. The maximum Gasteiger partial charge on any atom is 0.252 e. The second kappa shape index (κ2) is 10.4. The molecule has 2 N–H and O–H groups in total. The lowest BCUT2D eigenvalue weighted by atomic mass is 10.1. The van der Waals surface area contributed by atoms with Gasteiger partial charge in [-0.1, -0.05) is 6.92 Å². The first kappa shape index (κ1) is 22.0. The molecule has 0 aliphatic carbocycles. The van der Waals surface area contributed by atoms with Crippen molar-refractivity contribution in [3.05, 3.63) is 17.8 Å². The molecule has 1 aromatic heterocycles. The number of aromatic nitrogens is 1. The monoisotopic (exact) mass is 430 g/mol. The lowest BCUT2D eigenvalue weighted by Crippen LogP contribution is -2.46. The minimum absolute atomic E-state index is 0.0227. The Bertz CT molecular complexity index is 775. The molecule has 3 aliphatic heterocycles. The van der Waals surface area contributed by atoms with Crippen LogP contribution in [-0.2, 0) is 9.53 Å². The quantitative estimate of drug-likeness (QED) is 0.589. The number of amides is 2. The van der Waals surface area contributed by atoms with Crippen LogP contribution >= 0.6 is 0 Å². The van der Waals surface area contributed by atoms with Crippen LogP contribution in [0.3, 0.4) is 0 Å². The van der Waals surface area contributed by atoms with Gasteiger partial charge < -0.3 is 30.1 Å². The highest BCUT2D eigenvalue weighted by Gasteiger charge is 2.29. The average molecular weight is 431 g/mol. The third-order valence-electron chi connectivity index (χ3n) is 6.39. The van der Waals surface area contributed by atoms with Gasteiger partial charge in [-0.25, -0.2) is 4.98 Å². The van der Waals surface area contributed by atoms with Crippen LogP contribution < -0.4 is 15.5 Å². The number of ether oxygens (including phenoxy) is 1. The number of carbonyl (C=O) groups is 2. The van der Waals surface area contributed by atoms with E-state index in [2.05, 4.69) is 32.3 Å². The fourth-order valence-corrected chi connectivity index (χ4v) is 4.44. The van der Waals surface area contributed by atoms with Gasteiger partial charge >= 0.3 is 0 Å². The number of fused-ring (bicyclic) bond motifs is 1. The molecule has 2 saturated heterocycles. The van der Waals surface area contributed by atoms with Crippen LogP contribution in [0.25, 0.3) is 0 Å². The summed E-state index contributed by atoms with van der Waals surface area (Å²) >= 11 is 0. The molecule has 170 valence electrons. The summed E-state index contributed by atoms with van der Waals surface area (Å²) in [5.41, 5.74) is 1.14. The van der Waals surface area contributed by atoms with E-state index in [0.29, 0.717) is 30.2 Å². The predicted octanol–water partition coefficient (Wildman–Crippen LogP) is 0.777. The topological polar surface area (TPSA) is 90.0 Å². The third kappa shape index (κ3) is 5.53. The first-order chi connectivity index (χ1) is 15.1. The molecule has 4 heterocycles. The zero-order valence-electron chi connectivity index (χ0n) is 18.4. The molecule has 1 aromatic rings. The fraction of sp³-hybridized carbons (Fsp3) is 0.682. The molecule has 2 amide bonds. The molecule has 0 radical (unpaired) electrons. The van der Waals surface area contributed by atoms with Crippen LogP contribution in [0.15, 0.2) is 12.3 Å². The lowest BCUT2D eigenvalue weighted by Gasteiger charge is -2.34. The normalized spacial score (nSPS) is 22.3. The van der Waals surface area contributed by atoms with Crippen molar-refractivity contribution in [3.8, 4) is 0 Å². The molecule has 31 heavy (non-hydrogen) atoms. The van der Waals surface area contributed by atoms with E-state index in [0.717, 1.165) is 65.1 Å². The van der Waals surface area contributed by atoms with Crippen LogP contribution in [0, 0.1) is 0 Å². The predicted molar refractivity (Wildman–Crippen MR) is 120 cm³/mol. The highest BCUT2D eigenvalue weighted by atomic mass is 16.5. The summed E-state index contributed by atoms with van der Waals surface area (Å²) in [4.78, 5) is 36.2. The molecular weight excluding hydrogens is 396 g/mol. The van der Waals surface area contributed by atoms with Gasteiger partial charge in [-0.05, 0) is 38.4 Å². The van der Waals surface area contributed by atoms with Crippen molar-refractivity contribution in [2.24, 2.45) is 0 Å². The first-order valence-corrected chi connectivity index (χ1v) is 11.5. The summed E-state index contributed by atoms with van der Waals surface area (Å²) in [5.74, 6) is 0.465. The number of nitrogens with one attached hydrogen (secondary N) is 2. The number of anilines is 2. The van der Waals surface area contributed by atoms with Crippen molar-refractivity contribution in [2.45, 2.75) is 32.3 Å². The Morgan fingerprint density at radius 3 is 2.84 bits per heavy atom. The molecule has 1 atom stereocenters. The van der Waals surface area contributed by atoms with Gasteiger partial charge in [0.1, 0.15) is 5.82 Å². The van der Waals surface area contributed by atoms with Crippen LogP contribution in [0.4, 0.5) is 11.5 Å². The van der Waals surface area contributed by atoms with E-state index in [4.69, 9.17) is 4.74 Å². The van der Waals surface area contributed by atoms with E-state index in [1.807, 2.05) is 0 Å². The Labute approximate surface area is 184 Å². The highest BCUT2D eigenvalue weighted by molar-refractivity contribution is 6.04. The standard InChI is InChI=1S/C22H34N6O3/c1-2-26-8-10-27(11-9-26)7-4-6-23-22(30)17-13-19-21(24-14-17)25-15-20(29)28(19)16-18-5-3-12-31-18/h13-14,18H,2-12,15-16H2,1H3,(H,23,30)(H,24,25). The van der Waals surface area contributed by atoms with Gasteiger partial charge in [0.2, 0.25) is 5.91 Å². The molecule has 2 fully saturated rings. The number of piperazine rings is 1. The average Bonchev–Trinajstić information content (AvgIpc) is 3.32. The van der Waals surface area contributed by atoms with Crippen molar-refractivity contribution in [2.75, 3.05) is 75.7 Å². The van der Waals surface area contributed by atoms with E-state index in [-0.39, 0.29) is 24.5 Å². The van der Waals surface area contributed by atoms with Crippen LogP contribution in [0.1, 0.15) is 36.5 Å². The SMILES string of the molecule is CCN1CCN(CCCNC(=O)c2cnc3c(c2)N(CC2CCCO2)C(=O)CN3)CC1. The van der Waals surface area contributed by atoms with Crippen LogP contribution in [0.2, 0.25) is 0 Å². The number of rotatable bonds is 8. The largest absolute Gasteiger partial charge is 0.376 e. The molecule has 9 heteroatoms. The number of nitrogens with zero attached hydrogens (tertiary/aromatic N) is 4. The molecule has 0 bridgehead atoms. The third-order valence-corrected chi connectivity index (χ3v) is 6.39. The van der Waals surface area contributed by atoms with Crippen LogP contribution in [-0.4, -0.2) is 98.2 Å². The van der Waals surface area contributed by atoms with E-state index in [9.17, 15) is 9.59 Å². The number of likely N-dealkylation sites (N-methyl/N-ethyl adjacent to an activating group) is 1. The van der Waals surface area contributed by atoms with Gasteiger partial charge in [0.15, 0.2) is 0 Å². The molecule has 1 unspecified atom stereocenters. The Morgan fingerprint density at radius 2 is 2.10 bits per heavy atom. The molecule has 0 saturated carbocycles. The minimum Gasteiger partial charge on any atom is -0.376 e. The second-order valence-corrected chi connectivity index (χ2v) is 8.47. The van der Waals surface area contributed by atoms with Crippen molar-refractivity contribution < 1.29 is 14.3 Å². The van der Waals surface area contributed by atoms with E-state index in [1.54, 1.807) is 17.2 Å². The summed E-state index contributed by atoms with van der Waals surface area (Å²) in [5, 5.41) is 6.05. The maximum absolute atomic E-state index is 12.7. The Balaban J connectivity index is 1.29. The van der Waals surface area contributed by atoms with Gasteiger partial charge in [0.05, 0.1) is 30.4 Å². The van der Waals surface area contributed by atoms with Gasteiger partial charge in [0.25, 0.3) is 5.91 Å². The molecule has 4 rings (SSSR count). The number of carbonyl (C=O) groups excluding carboxylic acids is 2. The second-order valence-electron chi connectivity index (χ2n) is 8.47. The zero-order valence-corrected chi connectivity index (χ0v) is 18.4. The Hall–Kier alpha value is -2.23. The summed E-state index contributed by atoms with van der Waals surface area (Å²) < 4.78 is 5.70. The van der Waals surface area contributed by atoms with Crippen molar-refractivity contribution in [1.82, 2.24) is 20.1 Å². The summed E-state index contributed by atoms with van der Waals surface area (Å²) in [6, 6.07) is 1.76. The van der Waals surface area contributed by atoms with Gasteiger partial charge in [-0.2, -0.15) is 0 Å². The first-order valence-electron chi connectivity index (χ1n) is 11.5. The van der Waals surface area contributed by atoms with E-state index in [1.165, 1.54) is 0 Å². The van der Waals surface area contributed by atoms with Gasteiger partial charge in [-0.3, -0.25) is 9.59 Å². The zero-order chi connectivity index (χ0) is 21.6. The number of hydrogen-bond acceptors (Lipinski definition) is 7. The van der Waals surface area contributed by atoms with Crippen LogP contribution in [0.5, 0.6) is 0 Å². The molecule has 9 nitrogen and oxygen atoms in total. The fourth-order valence-electron chi connectivity index (χ4n) is 4.44. The number of hydrogen-bond donors (Lipinski definition) is 2.